The van der Waals surface area contributed by atoms with Crippen LogP contribution in [-0.4, -0.2) is 27.5 Å². The molecule has 0 saturated heterocycles. The van der Waals surface area contributed by atoms with Gasteiger partial charge in [0.1, 0.15) is 11.3 Å². The number of benzene rings is 1. The number of aromatic hydroxyl groups is 1. The van der Waals surface area contributed by atoms with E-state index >= 15 is 0 Å². The summed E-state index contributed by atoms with van der Waals surface area (Å²) < 4.78 is 0. The van der Waals surface area contributed by atoms with Crippen LogP contribution < -0.4 is 0 Å². The van der Waals surface area contributed by atoms with Crippen LogP contribution in [0.4, 0.5) is 0 Å². The molecule has 1 aromatic carbocycles. The van der Waals surface area contributed by atoms with Crippen LogP contribution in [0.15, 0.2) is 36.5 Å². The van der Waals surface area contributed by atoms with Gasteiger partial charge in [-0.05, 0) is 12.1 Å². The van der Waals surface area contributed by atoms with Crippen molar-refractivity contribution in [2.24, 2.45) is 0 Å². The van der Waals surface area contributed by atoms with E-state index in [9.17, 15) is 5.11 Å². The van der Waals surface area contributed by atoms with Gasteiger partial charge in [0, 0.05) is 51.3 Å². The summed E-state index contributed by atoms with van der Waals surface area (Å²) in [6.45, 7) is 0. The van der Waals surface area contributed by atoms with Crippen molar-refractivity contribution in [1.82, 2.24) is 4.98 Å². The molecular formula is C9H7AlAuNO. The van der Waals surface area contributed by atoms with Crippen LogP contribution in [0.1, 0.15) is 0 Å². The van der Waals surface area contributed by atoms with Crippen molar-refractivity contribution in [3.05, 3.63) is 36.5 Å². The summed E-state index contributed by atoms with van der Waals surface area (Å²) >= 11 is 0. The Bertz CT molecular complexity index is 389. The van der Waals surface area contributed by atoms with Crippen LogP contribution in [0.5, 0.6) is 5.75 Å². The number of aromatic nitrogens is 1. The van der Waals surface area contributed by atoms with Crippen LogP contribution in [0.2, 0.25) is 0 Å². The Morgan fingerprint density at radius 3 is 2.46 bits per heavy atom. The molecular weight excluding hydrogens is 362 g/mol. The van der Waals surface area contributed by atoms with Crippen LogP contribution >= 0.6 is 0 Å². The first-order chi connectivity index (χ1) is 5.38. The van der Waals surface area contributed by atoms with Gasteiger partial charge in [-0.15, -0.1) is 0 Å². The summed E-state index contributed by atoms with van der Waals surface area (Å²) in [6.07, 6.45) is 1.67. The molecule has 2 aromatic rings. The van der Waals surface area contributed by atoms with E-state index in [-0.39, 0.29) is 45.5 Å². The Morgan fingerprint density at radius 2 is 1.77 bits per heavy atom. The molecule has 0 aliphatic heterocycles. The number of phenols is 1. The zero-order valence-electron chi connectivity index (χ0n) is 6.74. The van der Waals surface area contributed by atoms with Gasteiger partial charge in [-0.1, -0.05) is 18.2 Å². The average molecular weight is 369 g/mol. The van der Waals surface area contributed by atoms with Crippen molar-refractivity contribution in [2.75, 3.05) is 0 Å². The van der Waals surface area contributed by atoms with Crippen molar-refractivity contribution in [3.63, 3.8) is 0 Å². The number of fused-ring (bicyclic) bond motifs is 1. The predicted molar refractivity (Wildman–Crippen MR) is 49.2 cm³/mol. The van der Waals surface area contributed by atoms with E-state index in [4.69, 9.17) is 0 Å². The molecule has 0 bridgehead atoms. The van der Waals surface area contributed by atoms with Crippen molar-refractivity contribution in [2.45, 2.75) is 0 Å². The monoisotopic (exact) mass is 369 g/mol. The zero-order valence-corrected chi connectivity index (χ0v) is 10.1. The van der Waals surface area contributed by atoms with Gasteiger partial charge < -0.3 is 5.11 Å². The topological polar surface area (TPSA) is 33.1 Å². The van der Waals surface area contributed by atoms with Gasteiger partial charge in [0.2, 0.25) is 0 Å². The third-order valence-electron chi connectivity index (χ3n) is 1.61. The number of phenolic OH excluding ortho intramolecular Hbond substituents is 1. The fraction of sp³-hybridized carbons (Fsp3) is 0. The van der Waals surface area contributed by atoms with E-state index in [1.54, 1.807) is 18.3 Å². The molecule has 1 aromatic heterocycles. The summed E-state index contributed by atoms with van der Waals surface area (Å²) in [6, 6.07) is 9.13. The molecule has 2 nitrogen and oxygen atoms in total. The van der Waals surface area contributed by atoms with Crippen LogP contribution in [0.3, 0.4) is 0 Å². The van der Waals surface area contributed by atoms with Crippen molar-refractivity contribution in [3.8, 4) is 5.75 Å². The molecule has 1 N–H and O–H groups in total. The summed E-state index contributed by atoms with van der Waals surface area (Å²) in [5.74, 6) is 0.239. The van der Waals surface area contributed by atoms with E-state index in [2.05, 4.69) is 4.98 Å². The van der Waals surface area contributed by atoms with E-state index in [1.165, 1.54) is 0 Å². The van der Waals surface area contributed by atoms with Gasteiger partial charge in [0.15, 0.2) is 0 Å². The number of rotatable bonds is 0. The standard InChI is InChI=1S/C9H7NO.Al.Au/c11-8-5-1-3-7-4-2-6-10-9(7)8;;/h1-6,11H;;. The fourth-order valence-corrected chi connectivity index (χ4v) is 1.09. The molecule has 0 aliphatic rings. The average Bonchev–Trinajstić information content (AvgIpc) is 2.06. The SMILES string of the molecule is Oc1cccc2cccnc12.[Al].[Au]. The second-order valence-corrected chi connectivity index (χ2v) is 2.35. The molecule has 0 fully saturated rings. The van der Waals surface area contributed by atoms with Crippen LogP contribution in [0, 0.1) is 0 Å². The number of hydrogen-bond donors (Lipinski definition) is 1. The van der Waals surface area contributed by atoms with Gasteiger partial charge in [0.25, 0.3) is 0 Å². The van der Waals surface area contributed by atoms with Gasteiger partial charge in [-0.3, -0.25) is 4.98 Å². The van der Waals surface area contributed by atoms with E-state index < -0.39 is 0 Å². The van der Waals surface area contributed by atoms with Crippen molar-refractivity contribution >= 4 is 28.3 Å². The third-order valence-corrected chi connectivity index (χ3v) is 1.61. The summed E-state index contributed by atoms with van der Waals surface area (Å²) in [7, 11) is 0. The van der Waals surface area contributed by atoms with E-state index in [1.807, 2.05) is 18.2 Å². The van der Waals surface area contributed by atoms with Gasteiger partial charge in [-0.2, -0.15) is 0 Å². The molecule has 4 heteroatoms. The Kier molecular flexibility index (Phi) is 5.31. The van der Waals surface area contributed by atoms with Crippen LogP contribution in [0.25, 0.3) is 10.9 Å². The van der Waals surface area contributed by atoms with Gasteiger partial charge >= 0.3 is 0 Å². The molecule has 1 heterocycles. The minimum Gasteiger partial charge on any atom is -0.506 e. The van der Waals surface area contributed by atoms with Crippen LogP contribution in [-0.2, 0) is 22.4 Å². The maximum atomic E-state index is 9.31. The molecule has 68 valence electrons. The Balaban J connectivity index is 0.000000720. The normalized spacial score (nSPS) is 8.62. The minimum atomic E-state index is 0. The molecule has 0 saturated carbocycles. The van der Waals surface area contributed by atoms with E-state index in [0.29, 0.717) is 5.52 Å². The maximum Gasteiger partial charge on any atom is 0.141 e. The maximum absolute atomic E-state index is 9.31. The van der Waals surface area contributed by atoms with E-state index in [0.717, 1.165) is 5.39 Å². The first-order valence-electron chi connectivity index (χ1n) is 3.40. The molecule has 0 unspecified atom stereocenters. The largest absolute Gasteiger partial charge is 0.506 e. The predicted octanol–water partition coefficient (Wildman–Crippen LogP) is 1.56. The summed E-state index contributed by atoms with van der Waals surface area (Å²) in [5, 5.41) is 10.3. The smallest absolute Gasteiger partial charge is 0.141 e. The van der Waals surface area contributed by atoms with Crippen molar-refractivity contribution < 1.29 is 27.5 Å². The molecule has 0 amide bonds. The summed E-state index contributed by atoms with van der Waals surface area (Å²) in [5.41, 5.74) is 0.662. The van der Waals surface area contributed by atoms with Gasteiger partial charge in [-0.25, -0.2) is 0 Å². The molecule has 0 aliphatic carbocycles. The quantitative estimate of drug-likeness (QED) is 0.716. The fourth-order valence-electron chi connectivity index (χ4n) is 1.09. The summed E-state index contributed by atoms with van der Waals surface area (Å²) in [4.78, 5) is 4.03. The Hall–Kier alpha value is -0.297. The first-order valence-corrected chi connectivity index (χ1v) is 3.40. The molecule has 4 radical (unpaired) electrons. The molecule has 0 atom stereocenters. The number of hydrogen-bond acceptors (Lipinski definition) is 2. The zero-order chi connectivity index (χ0) is 7.68. The number of pyridine rings is 1. The molecule has 13 heavy (non-hydrogen) atoms. The van der Waals surface area contributed by atoms with Gasteiger partial charge in [0.05, 0.1) is 0 Å². The second kappa shape index (κ2) is 5.44. The Labute approximate surface area is 103 Å². The first kappa shape index (κ1) is 12.7. The molecule has 0 spiro atoms. The third kappa shape index (κ3) is 2.57. The Morgan fingerprint density at radius 1 is 1.08 bits per heavy atom. The minimum absolute atomic E-state index is 0. The number of para-hydroxylation sites is 1. The number of nitrogens with zero attached hydrogens (tertiary/aromatic N) is 1. The second-order valence-electron chi connectivity index (χ2n) is 2.35. The molecule has 2 rings (SSSR count). The van der Waals surface area contributed by atoms with Crippen molar-refractivity contribution in [1.29, 1.82) is 0 Å².